The van der Waals surface area contributed by atoms with Gasteiger partial charge < -0.3 is 15.7 Å². The van der Waals surface area contributed by atoms with E-state index in [9.17, 15) is 14.7 Å². The van der Waals surface area contributed by atoms with Crippen LogP contribution in [0.15, 0.2) is 0 Å². The van der Waals surface area contributed by atoms with Crippen LogP contribution in [0.2, 0.25) is 0 Å². The quantitative estimate of drug-likeness (QED) is 0.502. The molecule has 3 N–H and O–H groups in total. The molecular formula is C7H12N2O3. The highest BCUT2D eigenvalue weighted by molar-refractivity contribution is 5.86. The van der Waals surface area contributed by atoms with E-state index in [0.717, 1.165) is 0 Å². The first-order chi connectivity index (χ1) is 5.54. The summed E-state index contributed by atoms with van der Waals surface area (Å²) in [4.78, 5) is 23.0. The minimum absolute atomic E-state index is 0.227. The molecule has 1 heterocycles. The third kappa shape index (κ3) is 1.40. The maximum atomic E-state index is 10.9. The first-order valence-corrected chi connectivity index (χ1v) is 3.78. The third-order valence-corrected chi connectivity index (χ3v) is 2.06. The molecule has 12 heavy (non-hydrogen) atoms. The SMILES string of the molecule is CC(=O)N1CCC(O)C1C(N)=O. The van der Waals surface area contributed by atoms with E-state index in [-0.39, 0.29) is 5.91 Å². The van der Waals surface area contributed by atoms with Crippen LogP contribution in [0.1, 0.15) is 13.3 Å². The largest absolute Gasteiger partial charge is 0.390 e. The number of nitrogens with zero attached hydrogens (tertiary/aromatic N) is 1. The monoisotopic (exact) mass is 172 g/mol. The molecule has 2 unspecified atom stereocenters. The van der Waals surface area contributed by atoms with Gasteiger partial charge in [0.15, 0.2) is 0 Å². The average molecular weight is 172 g/mol. The van der Waals surface area contributed by atoms with Gasteiger partial charge >= 0.3 is 0 Å². The topological polar surface area (TPSA) is 83.6 Å². The van der Waals surface area contributed by atoms with Crippen LogP contribution in [0.25, 0.3) is 0 Å². The van der Waals surface area contributed by atoms with Gasteiger partial charge in [-0.2, -0.15) is 0 Å². The van der Waals surface area contributed by atoms with Gasteiger partial charge in [-0.3, -0.25) is 9.59 Å². The lowest BCUT2D eigenvalue weighted by atomic mass is 10.1. The number of nitrogens with two attached hydrogens (primary N) is 1. The summed E-state index contributed by atoms with van der Waals surface area (Å²) in [5.41, 5.74) is 5.02. The number of hydrogen-bond acceptors (Lipinski definition) is 3. The van der Waals surface area contributed by atoms with Crippen molar-refractivity contribution in [1.82, 2.24) is 4.90 Å². The lowest BCUT2D eigenvalue weighted by molar-refractivity contribution is -0.137. The fraction of sp³-hybridized carbons (Fsp3) is 0.714. The summed E-state index contributed by atoms with van der Waals surface area (Å²) in [6.07, 6.45) is -0.376. The Bertz CT molecular complexity index is 217. The summed E-state index contributed by atoms with van der Waals surface area (Å²) < 4.78 is 0. The third-order valence-electron chi connectivity index (χ3n) is 2.06. The van der Waals surface area contributed by atoms with Crippen molar-refractivity contribution in [2.45, 2.75) is 25.5 Å². The molecular weight excluding hydrogens is 160 g/mol. The average Bonchev–Trinajstić information content (AvgIpc) is 2.30. The number of hydrogen-bond donors (Lipinski definition) is 2. The first kappa shape index (κ1) is 8.99. The van der Waals surface area contributed by atoms with E-state index in [0.29, 0.717) is 13.0 Å². The molecule has 0 aromatic carbocycles. The molecule has 2 atom stereocenters. The normalized spacial score (nSPS) is 29.0. The number of aliphatic hydroxyl groups is 1. The van der Waals surface area contributed by atoms with Gasteiger partial charge in [-0.1, -0.05) is 0 Å². The lowest BCUT2D eigenvalue weighted by Crippen LogP contribution is -2.47. The number of amides is 2. The highest BCUT2D eigenvalue weighted by Crippen LogP contribution is 2.17. The van der Waals surface area contributed by atoms with Gasteiger partial charge in [0.2, 0.25) is 11.8 Å². The van der Waals surface area contributed by atoms with Crippen molar-refractivity contribution in [1.29, 1.82) is 0 Å². The number of primary amides is 1. The predicted octanol–water partition coefficient (Wildman–Crippen LogP) is -1.55. The van der Waals surface area contributed by atoms with Gasteiger partial charge in [0.1, 0.15) is 6.04 Å². The molecule has 5 nitrogen and oxygen atoms in total. The molecule has 0 saturated carbocycles. The molecule has 1 saturated heterocycles. The van der Waals surface area contributed by atoms with Crippen LogP contribution in [0.3, 0.4) is 0 Å². The molecule has 0 aromatic rings. The zero-order chi connectivity index (χ0) is 9.30. The van der Waals surface area contributed by atoms with Crippen molar-refractivity contribution in [3.8, 4) is 0 Å². The summed E-state index contributed by atoms with van der Waals surface area (Å²) in [6, 6.07) is -0.831. The molecule has 68 valence electrons. The van der Waals surface area contributed by atoms with E-state index in [1.165, 1.54) is 11.8 Å². The minimum atomic E-state index is -0.831. The second kappa shape index (κ2) is 3.10. The number of carbonyl (C=O) groups excluding carboxylic acids is 2. The molecule has 0 spiro atoms. The molecule has 0 bridgehead atoms. The Morgan fingerprint density at radius 1 is 1.58 bits per heavy atom. The van der Waals surface area contributed by atoms with Crippen LogP contribution in [0, 0.1) is 0 Å². The minimum Gasteiger partial charge on any atom is -0.390 e. The number of aliphatic hydroxyl groups excluding tert-OH is 1. The molecule has 0 aliphatic carbocycles. The fourth-order valence-electron chi connectivity index (χ4n) is 1.47. The Morgan fingerprint density at radius 3 is 2.50 bits per heavy atom. The molecule has 1 aliphatic heterocycles. The summed E-state index contributed by atoms with van der Waals surface area (Å²) >= 11 is 0. The molecule has 0 aromatic heterocycles. The van der Waals surface area contributed by atoms with Gasteiger partial charge in [0.05, 0.1) is 6.10 Å². The van der Waals surface area contributed by atoms with Crippen LogP contribution in [-0.4, -0.2) is 40.5 Å². The lowest BCUT2D eigenvalue weighted by Gasteiger charge is -2.21. The number of likely N-dealkylation sites (tertiary alicyclic amines) is 1. The van der Waals surface area contributed by atoms with E-state index in [4.69, 9.17) is 5.73 Å². The van der Waals surface area contributed by atoms with Crippen molar-refractivity contribution < 1.29 is 14.7 Å². The van der Waals surface area contributed by atoms with Crippen molar-refractivity contribution >= 4 is 11.8 Å². The van der Waals surface area contributed by atoms with Gasteiger partial charge in [-0.05, 0) is 6.42 Å². The van der Waals surface area contributed by atoms with Crippen molar-refractivity contribution in [2.75, 3.05) is 6.54 Å². The Balaban J connectivity index is 2.77. The van der Waals surface area contributed by atoms with Crippen molar-refractivity contribution in [2.24, 2.45) is 5.73 Å². The molecule has 2 amide bonds. The number of carbonyl (C=O) groups is 2. The Kier molecular flexibility index (Phi) is 2.32. The van der Waals surface area contributed by atoms with Gasteiger partial charge in [-0.25, -0.2) is 0 Å². The van der Waals surface area contributed by atoms with E-state index in [2.05, 4.69) is 0 Å². The Labute approximate surface area is 70.1 Å². The van der Waals surface area contributed by atoms with Gasteiger partial charge in [-0.15, -0.1) is 0 Å². The smallest absolute Gasteiger partial charge is 0.242 e. The van der Waals surface area contributed by atoms with Gasteiger partial charge in [0.25, 0.3) is 0 Å². The van der Waals surface area contributed by atoms with E-state index >= 15 is 0 Å². The Hall–Kier alpha value is -1.10. The zero-order valence-corrected chi connectivity index (χ0v) is 6.86. The van der Waals surface area contributed by atoms with Crippen LogP contribution in [-0.2, 0) is 9.59 Å². The summed E-state index contributed by atoms with van der Waals surface area (Å²) in [5, 5.41) is 9.28. The van der Waals surface area contributed by atoms with Gasteiger partial charge in [0, 0.05) is 13.5 Å². The van der Waals surface area contributed by atoms with E-state index in [1.54, 1.807) is 0 Å². The van der Waals surface area contributed by atoms with E-state index in [1.807, 2.05) is 0 Å². The fourth-order valence-corrected chi connectivity index (χ4v) is 1.47. The van der Waals surface area contributed by atoms with Crippen molar-refractivity contribution in [3.05, 3.63) is 0 Å². The van der Waals surface area contributed by atoms with Crippen LogP contribution >= 0.6 is 0 Å². The molecule has 1 aliphatic rings. The summed E-state index contributed by atoms with van der Waals surface area (Å²) in [6.45, 7) is 1.76. The second-order valence-electron chi connectivity index (χ2n) is 2.92. The van der Waals surface area contributed by atoms with Crippen LogP contribution < -0.4 is 5.73 Å². The van der Waals surface area contributed by atoms with Crippen molar-refractivity contribution in [3.63, 3.8) is 0 Å². The highest BCUT2D eigenvalue weighted by atomic mass is 16.3. The highest BCUT2D eigenvalue weighted by Gasteiger charge is 2.38. The predicted molar refractivity (Wildman–Crippen MR) is 41.0 cm³/mol. The van der Waals surface area contributed by atoms with Crippen LogP contribution in [0.4, 0.5) is 0 Å². The molecule has 1 rings (SSSR count). The second-order valence-corrected chi connectivity index (χ2v) is 2.92. The summed E-state index contributed by atoms with van der Waals surface area (Å²) in [7, 11) is 0. The molecule has 5 heteroatoms. The first-order valence-electron chi connectivity index (χ1n) is 3.78. The number of rotatable bonds is 1. The maximum absolute atomic E-state index is 10.9. The zero-order valence-electron chi connectivity index (χ0n) is 6.86. The summed E-state index contributed by atoms with van der Waals surface area (Å²) in [5.74, 6) is -0.870. The Morgan fingerprint density at radius 2 is 2.17 bits per heavy atom. The molecule has 1 fully saturated rings. The molecule has 0 radical (unpaired) electrons. The maximum Gasteiger partial charge on any atom is 0.242 e. The van der Waals surface area contributed by atoms with E-state index < -0.39 is 18.1 Å². The van der Waals surface area contributed by atoms with Crippen LogP contribution in [0.5, 0.6) is 0 Å². The standard InChI is InChI=1S/C7H12N2O3/c1-4(10)9-3-2-5(11)6(9)7(8)12/h5-6,11H,2-3H2,1H3,(H2,8,12).